The molecule has 0 bridgehead atoms. The standard InChI is InChI=1S/C13H17FN2O3/c1-3-16(11-7-5-4-6-10(11)14)13(19)15-8-9(2)12(17)18/h4-7,9H,3,8H2,1-2H3,(H,15,19)(H,17,18). The van der Waals surface area contributed by atoms with E-state index in [0.717, 1.165) is 0 Å². The molecule has 0 spiro atoms. The molecular weight excluding hydrogens is 251 g/mol. The highest BCUT2D eigenvalue weighted by atomic mass is 19.1. The first-order chi connectivity index (χ1) is 8.97. The van der Waals surface area contributed by atoms with Crippen LogP contribution in [0.15, 0.2) is 24.3 Å². The van der Waals surface area contributed by atoms with Crippen LogP contribution in [0.3, 0.4) is 0 Å². The minimum absolute atomic E-state index is 0.000874. The highest BCUT2D eigenvalue weighted by molar-refractivity contribution is 5.92. The molecule has 0 radical (unpaired) electrons. The molecule has 0 saturated carbocycles. The normalized spacial score (nSPS) is 11.7. The molecule has 0 aliphatic rings. The SMILES string of the molecule is CCN(C(=O)NCC(C)C(=O)O)c1ccccc1F. The van der Waals surface area contributed by atoms with Gasteiger partial charge in [-0.2, -0.15) is 0 Å². The minimum Gasteiger partial charge on any atom is -0.481 e. The Hall–Kier alpha value is -2.11. The number of carbonyl (C=O) groups excluding carboxylic acids is 1. The summed E-state index contributed by atoms with van der Waals surface area (Å²) in [6.07, 6.45) is 0. The van der Waals surface area contributed by atoms with Crippen molar-refractivity contribution < 1.29 is 19.1 Å². The van der Waals surface area contributed by atoms with Gasteiger partial charge in [0.2, 0.25) is 0 Å². The number of nitrogens with zero attached hydrogens (tertiary/aromatic N) is 1. The van der Waals surface area contributed by atoms with Crippen molar-refractivity contribution in [3.05, 3.63) is 30.1 Å². The Balaban J connectivity index is 2.73. The van der Waals surface area contributed by atoms with Crippen molar-refractivity contribution in [1.29, 1.82) is 0 Å². The fourth-order valence-corrected chi connectivity index (χ4v) is 1.52. The van der Waals surface area contributed by atoms with E-state index in [9.17, 15) is 14.0 Å². The van der Waals surface area contributed by atoms with Crippen molar-refractivity contribution in [2.24, 2.45) is 5.92 Å². The molecule has 104 valence electrons. The largest absolute Gasteiger partial charge is 0.481 e. The third kappa shape index (κ3) is 3.94. The van der Waals surface area contributed by atoms with Crippen LogP contribution in [0.1, 0.15) is 13.8 Å². The Bertz CT molecular complexity index is 465. The molecule has 2 amide bonds. The first-order valence-corrected chi connectivity index (χ1v) is 6.00. The summed E-state index contributed by atoms with van der Waals surface area (Å²) in [7, 11) is 0. The van der Waals surface area contributed by atoms with Gasteiger partial charge < -0.3 is 10.4 Å². The molecule has 0 aromatic heterocycles. The molecule has 1 aromatic rings. The predicted molar refractivity (Wildman–Crippen MR) is 69.6 cm³/mol. The molecule has 0 aliphatic carbocycles. The number of nitrogens with one attached hydrogen (secondary N) is 1. The van der Waals surface area contributed by atoms with Crippen LogP contribution >= 0.6 is 0 Å². The Labute approximate surface area is 111 Å². The third-order valence-electron chi connectivity index (χ3n) is 2.69. The summed E-state index contributed by atoms with van der Waals surface area (Å²) in [5, 5.41) is 11.2. The molecule has 1 atom stereocenters. The Morgan fingerprint density at radius 3 is 2.58 bits per heavy atom. The van der Waals surface area contributed by atoms with Gasteiger partial charge in [0.05, 0.1) is 11.6 Å². The van der Waals surface area contributed by atoms with Crippen LogP contribution in [0.2, 0.25) is 0 Å². The van der Waals surface area contributed by atoms with E-state index >= 15 is 0 Å². The van der Waals surface area contributed by atoms with E-state index in [1.54, 1.807) is 13.0 Å². The quantitative estimate of drug-likeness (QED) is 0.859. The minimum atomic E-state index is -0.991. The lowest BCUT2D eigenvalue weighted by Crippen LogP contribution is -2.43. The second-order valence-electron chi connectivity index (χ2n) is 4.12. The van der Waals surface area contributed by atoms with Gasteiger partial charge in [0.1, 0.15) is 5.82 Å². The number of carboxylic acids is 1. The second-order valence-corrected chi connectivity index (χ2v) is 4.12. The van der Waals surface area contributed by atoms with Crippen molar-refractivity contribution in [3.63, 3.8) is 0 Å². The maximum absolute atomic E-state index is 13.6. The number of aliphatic carboxylic acids is 1. The molecule has 5 nitrogen and oxygen atoms in total. The number of para-hydroxylation sites is 1. The van der Waals surface area contributed by atoms with Gasteiger partial charge in [0, 0.05) is 13.1 Å². The lowest BCUT2D eigenvalue weighted by molar-refractivity contribution is -0.140. The molecule has 1 rings (SSSR count). The number of hydrogen-bond acceptors (Lipinski definition) is 2. The van der Waals surface area contributed by atoms with Gasteiger partial charge in [-0.15, -0.1) is 0 Å². The Morgan fingerprint density at radius 1 is 1.42 bits per heavy atom. The second kappa shape index (κ2) is 6.72. The number of halogens is 1. The number of carbonyl (C=O) groups is 2. The lowest BCUT2D eigenvalue weighted by atomic mass is 10.2. The number of urea groups is 1. The Kier molecular flexibility index (Phi) is 5.29. The predicted octanol–water partition coefficient (Wildman–Crippen LogP) is 2.08. The summed E-state index contributed by atoms with van der Waals surface area (Å²) < 4.78 is 13.6. The maximum atomic E-state index is 13.6. The molecular formula is C13H17FN2O3. The summed E-state index contributed by atoms with van der Waals surface area (Å²) >= 11 is 0. The molecule has 0 fully saturated rings. The zero-order valence-corrected chi connectivity index (χ0v) is 10.9. The van der Waals surface area contributed by atoms with E-state index in [2.05, 4.69) is 5.32 Å². The van der Waals surface area contributed by atoms with Crippen molar-refractivity contribution in [2.45, 2.75) is 13.8 Å². The molecule has 1 aromatic carbocycles. The zero-order chi connectivity index (χ0) is 14.4. The fraction of sp³-hybridized carbons (Fsp3) is 0.385. The highest BCUT2D eigenvalue weighted by Gasteiger charge is 2.18. The molecule has 0 saturated heterocycles. The number of hydrogen-bond donors (Lipinski definition) is 2. The van der Waals surface area contributed by atoms with Crippen molar-refractivity contribution >= 4 is 17.7 Å². The molecule has 0 heterocycles. The fourth-order valence-electron chi connectivity index (χ4n) is 1.52. The first kappa shape index (κ1) is 14.9. The summed E-state index contributed by atoms with van der Waals surface area (Å²) in [5.74, 6) is -2.18. The lowest BCUT2D eigenvalue weighted by Gasteiger charge is -2.22. The van der Waals surface area contributed by atoms with E-state index in [4.69, 9.17) is 5.11 Å². The van der Waals surface area contributed by atoms with Gasteiger partial charge in [-0.25, -0.2) is 9.18 Å². The average Bonchev–Trinajstić information content (AvgIpc) is 2.38. The van der Waals surface area contributed by atoms with Gasteiger partial charge >= 0.3 is 12.0 Å². The van der Waals surface area contributed by atoms with Gasteiger partial charge in [-0.1, -0.05) is 19.1 Å². The third-order valence-corrected chi connectivity index (χ3v) is 2.69. The van der Waals surface area contributed by atoms with Gasteiger partial charge in [-0.05, 0) is 19.1 Å². The molecule has 19 heavy (non-hydrogen) atoms. The molecule has 2 N–H and O–H groups in total. The van der Waals surface area contributed by atoms with Crippen LogP contribution in [-0.2, 0) is 4.79 Å². The van der Waals surface area contributed by atoms with Crippen molar-refractivity contribution in [2.75, 3.05) is 18.0 Å². The number of benzene rings is 1. The maximum Gasteiger partial charge on any atom is 0.321 e. The van der Waals surface area contributed by atoms with Gasteiger partial charge in [0.25, 0.3) is 0 Å². The van der Waals surface area contributed by atoms with E-state index < -0.39 is 23.7 Å². The first-order valence-electron chi connectivity index (χ1n) is 6.00. The van der Waals surface area contributed by atoms with Crippen molar-refractivity contribution in [1.82, 2.24) is 5.32 Å². The van der Waals surface area contributed by atoms with Crippen LogP contribution in [0.5, 0.6) is 0 Å². The van der Waals surface area contributed by atoms with Crippen LogP contribution in [-0.4, -0.2) is 30.2 Å². The van der Waals surface area contributed by atoms with Crippen LogP contribution < -0.4 is 10.2 Å². The highest BCUT2D eigenvalue weighted by Crippen LogP contribution is 2.18. The van der Waals surface area contributed by atoms with Crippen LogP contribution in [0, 0.1) is 11.7 Å². The number of anilines is 1. The van der Waals surface area contributed by atoms with E-state index in [-0.39, 0.29) is 18.8 Å². The van der Waals surface area contributed by atoms with Crippen LogP contribution in [0.25, 0.3) is 0 Å². The number of carboxylic acid groups (broad SMARTS) is 1. The summed E-state index contributed by atoms with van der Waals surface area (Å²) in [6, 6.07) is 5.43. The summed E-state index contributed by atoms with van der Waals surface area (Å²) in [6.45, 7) is 3.49. The zero-order valence-electron chi connectivity index (χ0n) is 10.9. The summed E-state index contributed by atoms with van der Waals surface area (Å²) in [5.41, 5.74) is 0.172. The smallest absolute Gasteiger partial charge is 0.321 e. The number of rotatable bonds is 5. The van der Waals surface area contributed by atoms with E-state index in [0.29, 0.717) is 0 Å². The molecule has 1 unspecified atom stereocenters. The van der Waals surface area contributed by atoms with Crippen molar-refractivity contribution in [3.8, 4) is 0 Å². The molecule has 0 aliphatic heterocycles. The van der Waals surface area contributed by atoms with Gasteiger partial charge in [-0.3, -0.25) is 9.69 Å². The average molecular weight is 268 g/mol. The van der Waals surface area contributed by atoms with E-state index in [1.807, 2.05) is 0 Å². The molecule has 6 heteroatoms. The Morgan fingerprint density at radius 2 is 2.05 bits per heavy atom. The monoisotopic (exact) mass is 268 g/mol. The van der Waals surface area contributed by atoms with E-state index in [1.165, 1.54) is 30.0 Å². The summed E-state index contributed by atoms with van der Waals surface area (Å²) in [4.78, 5) is 23.8. The number of amides is 2. The topological polar surface area (TPSA) is 69.6 Å². The van der Waals surface area contributed by atoms with Crippen LogP contribution in [0.4, 0.5) is 14.9 Å². The van der Waals surface area contributed by atoms with Gasteiger partial charge in [0.15, 0.2) is 0 Å².